The number of ether oxygens (including phenoxy) is 1. The van der Waals surface area contributed by atoms with Crippen molar-refractivity contribution in [2.24, 2.45) is 0 Å². The van der Waals surface area contributed by atoms with Crippen molar-refractivity contribution in [3.63, 3.8) is 0 Å². The molecule has 0 bridgehead atoms. The van der Waals surface area contributed by atoms with Gasteiger partial charge in [0.05, 0.1) is 5.69 Å². The summed E-state index contributed by atoms with van der Waals surface area (Å²) in [6, 6.07) is 14.0. The SMILES string of the molecule is CCOCNc1ccc(-c2cccc(NP)n2)cc1. The number of nitrogens with one attached hydrogen (secondary N) is 2. The maximum absolute atomic E-state index is 5.25. The Labute approximate surface area is 115 Å². The van der Waals surface area contributed by atoms with Gasteiger partial charge in [0.25, 0.3) is 0 Å². The summed E-state index contributed by atoms with van der Waals surface area (Å²) in [6.45, 7) is 3.22. The van der Waals surface area contributed by atoms with Crippen LogP contribution in [0.3, 0.4) is 0 Å². The van der Waals surface area contributed by atoms with Crippen LogP contribution in [0.25, 0.3) is 11.3 Å². The van der Waals surface area contributed by atoms with Crippen LogP contribution in [0.5, 0.6) is 0 Å². The molecule has 0 fully saturated rings. The lowest BCUT2D eigenvalue weighted by Crippen LogP contribution is -2.05. The van der Waals surface area contributed by atoms with Crippen molar-refractivity contribution in [2.45, 2.75) is 6.92 Å². The standard InChI is InChI=1S/C14H18N3OP/c1-2-18-10-15-12-8-6-11(7-9-12)13-4-3-5-14(16-13)17-19/h3-9,15H,2,10,19H2,1H3,(H,16,17). The molecule has 0 spiro atoms. The highest BCUT2D eigenvalue weighted by Crippen LogP contribution is 2.21. The number of pyridine rings is 1. The third kappa shape index (κ3) is 3.91. The molecule has 2 rings (SSSR count). The molecular weight excluding hydrogens is 257 g/mol. The maximum atomic E-state index is 5.25. The largest absolute Gasteiger partial charge is 0.363 e. The van der Waals surface area contributed by atoms with E-state index in [1.165, 1.54) is 0 Å². The highest BCUT2D eigenvalue weighted by Gasteiger charge is 2.00. The highest BCUT2D eigenvalue weighted by atomic mass is 31.0. The van der Waals surface area contributed by atoms with Gasteiger partial charge >= 0.3 is 0 Å². The van der Waals surface area contributed by atoms with E-state index in [2.05, 4.69) is 24.8 Å². The van der Waals surface area contributed by atoms with E-state index in [1.54, 1.807) is 0 Å². The van der Waals surface area contributed by atoms with Crippen LogP contribution in [-0.4, -0.2) is 18.3 Å². The molecule has 2 aromatic rings. The summed E-state index contributed by atoms with van der Waals surface area (Å²) in [5.41, 5.74) is 3.07. The van der Waals surface area contributed by atoms with E-state index in [-0.39, 0.29) is 0 Å². The lowest BCUT2D eigenvalue weighted by Gasteiger charge is -2.08. The van der Waals surface area contributed by atoms with Gasteiger partial charge in [-0.1, -0.05) is 18.2 Å². The topological polar surface area (TPSA) is 46.2 Å². The fraction of sp³-hybridized carbons (Fsp3) is 0.214. The van der Waals surface area contributed by atoms with Crippen molar-refractivity contribution in [1.29, 1.82) is 0 Å². The minimum absolute atomic E-state index is 0.528. The summed E-state index contributed by atoms with van der Waals surface area (Å²) in [5, 5.41) is 6.15. The molecule has 100 valence electrons. The zero-order chi connectivity index (χ0) is 13.5. The molecule has 1 unspecified atom stereocenters. The van der Waals surface area contributed by atoms with Gasteiger partial charge in [-0.15, -0.1) is 0 Å². The highest BCUT2D eigenvalue weighted by molar-refractivity contribution is 7.18. The van der Waals surface area contributed by atoms with Crippen LogP contribution < -0.4 is 10.4 Å². The number of benzene rings is 1. The van der Waals surface area contributed by atoms with Crippen molar-refractivity contribution in [1.82, 2.24) is 4.98 Å². The molecule has 0 saturated carbocycles. The second kappa shape index (κ2) is 7.07. The minimum atomic E-state index is 0.528. The van der Waals surface area contributed by atoms with Gasteiger partial charge in [-0.05, 0) is 40.6 Å². The van der Waals surface area contributed by atoms with Crippen molar-refractivity contribution in [3.05, 3.63) is 42.5 Å². The fourth-order valence-electron chi connectivity index (χ4n) is 1.67. The molecule has 1 aromatic carbocycles. The predicted octanol–water partition coefficient (Wildman–Crippen LogP) is 3.36. The molecule has 5 heteroatoms. The van der Waals surface area contributed by atoms with E-state index >= 15 is 0 Å². The molecule has 0 aliphatic rings. The van der Waals surface area contributed by atoms with Crippen molar-refractivity contribution >= 4 is 20.9 Å². The van der Waals surface area contributed by atoms with Crippen LogP contribution >= 0.6 is 9.39 Å². The number of hydrogen-bond acceptors (Lipinski definition) is 4. The molecular formula is C14H18N3OP. The van der Waals surface area contributed by atoms with Crippen molar-refractivity contribution < 1.29 is 4.74 Å². The summed E-state index contributed by atoms with van der Waals surface area (Å²) in [7, 11) is 2.45. The molecule has 19 heavy (non-hydrogen) atoms. The number of hydrogen-bond donors (Lipinski definition) is 2. The molecule has 1 heterocycles. The number of rotatable bonds is 6. The van der Waals surface area contributed by atoms with E-state index in [4.69, 9.17) is 4.74 Å². The molecule has 0 saturated heterocycles. The van der Waals surface area contributed by atoms with Gasteiger partial charge in [-0.3, -0.25) is 0 Å². The van der Waals surface area contributed by atoms with Gasteiger partial charge in [-0.25, -0.2) is 4.98 Å². The van der Waals surface area contributed by atoms with Gasteiger partial charge in [0.1, 0.15) is 12.5 Å². The van der Waals surface area contributed by atoms with Crippen molar-refractivity contribution in [2.75, 3.05) is 23.7 Å². The van der Waals surface area contributed by atoms with E-state index in [0.717, 1.165) is 22.8 Å². The second-order valence-electron chi connectivity index (χ2n) is 3.94. The zero-order valence-corrected chi connectivity index (χ0v) is 12.0. The van der Waals surface area contributed by atoms with Crippen LogP contribution in [0.2, 0.25) is 0 Å². The quantitative estimate of drug-likeness (QED) is 0.482. The van der Waals surface area contributed by atoms with E-state index in [9.17, 15) is 0 Å². The molecule has 1 atom stereocenters. The summed E-state index contributed by atoms with van der Waals surface area (Å²) >= 11 is 0. The molecule has 4 nitrogen and oxygen atoms in total. The van der Waals surface area contributed by atoms with Gasteiger partial charge in [0.2, 0.25) is 0 Å². The average molecular weight is 275 g/mol. The van der Waals surface area contributed by atoms with Crippen LogP contribution in [0.4, 0.5) is 11.5 Å². The van der Waals surface area contributed by atoms with E-state index in [1.807, 2.05) is 49.4 Å². The Morgan fingerprint density at radius 2 is 1.95 bits per heavy atom. The van der Waals surface area contributed by atoms with Crippen molar-refractivity contribution in [3.8, 4) is 11.3 Å². The third-order valence-electron chi connectivity index (χ3n) is 2.66. The Kier molecular flexibility index (Phi) is 5.13. The first kappa shape index (κ1) is 13.8. The van der Waals surface area contributed by atoms with E-state index in [0.29, 0.717) is 13.3 Å². The van der Waals surface area contributed by atoms with Gasteiger partial charge in [0.15, 0.2) is 0 Å². The van der Waals surface area contributed by atoms with Crippen LogP contribution in [0.1, 0.15) is 6.92 Å². The molecule has 1 aromatic heterocycles. The Balaban J connectivity index is 2.08. The fourth-order valence-corrected chi connectivity index (χ4v) is 1.83. The molecule has 0 radical (unpaired) electrons. The average Bonchev–Trinajstić information content (AvgIpc) is 2.48. The maximum Gasteiger partial charge on any atom is 0.129 e. The molecule has 0 aliphatic heterocycles. The summed E-state index contributed by atoms with van der Waals surface area (Å²) in [4.78, 5) is 4.49. The Morgan fingerprint density at radius 1 is 1.16 bits per heavy atom. The Morgan fingerprint density at radius 3 is 2.63 bits per heavy atom. The number of nitrogens with zero attached hydrogens (tertiary/aromatic N) is 1. The van der Waals surface area contributed by atoms with Crippen LogP contribution in [-0.2, 0) is 4.74 Å². The Hall–Kier alpha value is -1.64. The van der Waals surface area contributed by atoms with Gasteiger partial charge < -0.3 is 15.1 Å². The Bertz CT molecular complexity index is 516. The number of aromatic nitrogens is 1. The lowest BCUT2D eigenvalue weighted by atomic mass is 10.1. The first-order valence-electron chi connectivity index (χ1n) is 6.19. The van der Waals surface area contributed by atoms with Crippen LogP contribution in [0, 0.1) is 0 Å². The zero-order valence-electron chi connectivity index (χ0n) is 10.9. The second-order valence-corrected chi connectivity index (χ2v) is 4.23. The molecule has 0 amide bonds. The normalized spacial score (nSPS) is 10.2. The summed E-state index contributed by atoms with van der Waals surface area (Å²) < 4.78 is 5.25. The monoisotopic (exact) mass is 275 g/mol. The summed E-state index contributed by atoms with van der Waals surface area (Å²) in [6.07, 6.45) is 0. The molecule has 0 aliphatic carbocycles. The first-order valence-corrected chi connectivity index (χ1v) is 6.77. The minimum Gasteiger partial charge on any atom is -0.363 e. The van der Waals surface area contributed by atoms with Crippen LogP contribution in [0.15, 0.2) is 42.5 Å². The van der Waals surface area contributed by atoms with Gasteiger partial charge in [-0.2, -0.15) is 0 Å². The molecule has 2 N–H and O–H groups in total. The number of anilines is 2. The first-order chi connectivity index (χ1) is 9.33. The predicted molar refractivity (Wildman–Crippen MR) is 83.1 cm³/mol. The summed E-state index contributed by atoms with van der Waals surface area (Å²) in [5.74, 6) is 0.834. The van der Waals surface area contributed by atoms with E-state index < -0.39 is 0 Å². The third-order valence-corrected chi connectivity index (χ3v) is 2.96. The lowest BCUT2D eigenvalue weighted by molar-refractivity contribution is 0.167. The smallest absolute Gasteiger partial charge is 0.129 e. The van der Waals surface area contributed by atoms with Gasteiger partial charge in [0, 0.05) is 17.9 Å².